The molecule has 0 aliphatic heterocycles. The Labute approximate surface area is 124 Å². The number of amides is 1. The van der Waals surface area contributed by atoms with Crippen LogP contribution >= 0.6 is 0 Å². The lowest BCUT2D eigenvalue weighted by Gasteiger charge is -2.13. The van der Waals surface area contributed by atoms with Crippen LogP contribution in [0.15, 0.2) is 12.3 Å². The molecule has 0 atom stereocenters. The van der Waals surface area contributed by atoms with Gasteiger partial charge in [0.1, 0.15) is 0 Å². The average molecular weight is 290 g/mol. The minimum Gasteiger partial charge on any atom is -0.383 e. The number of fused-ring (bicyclic) bond motifs is 1. The Balaban J connectivity index is 2.35. The van der Waals surface area contributed by atoms with Gasteiger partial charge in [-0.1, -0.05) is 20.8 Å². The Morgan fingerprint density at radius 3 is 2.76 bits per heavy atom. The normalized spacial score (nSPS) is 11.9. The van der Waals surface area contributed by atoms with Crippen LogP contribution in [-0.2, 0) is 10.2 Å². The largest absolute Gasteiger partial charge is 0.383 e. The van der Waals surface area contributed by atoms with Gasteiger partial charge in [0.25, 0.3) is 5.91 Å². The van der Waals surface area contributed by atoms with Gasteiger partial charge in [0, 0.05) is 31.3 Å². The molecule has 2 rings (SSSR count). The standard InChI is InChI=1S/C15H22N4O2/c1-10-11(14(20)16-6-7-21-5)9-17-13-8-12(15(2,3)4)18-19(10)13/h8-9H,6-7H2,1-5H3,(H,16,20). The van der Waals surface area contributed by atoms with Crippen LogP contribution < -0.4 is 5.32 Å². The Morgan fingerprint density at radius 2 is 2.14 bits per heavy atom. The topological polar surface area (TPSA) is 68.5 Å². The van der Waals surface area contributed by atoms with E-state index in [1.807, 2.05) is 13.0 Å². The maximum Gasteiger partial charge on any atom is 0.254 e. The quantitative estimate of drug-likeness (QED) is 0.870. The lowest BCUT2D eigenvalue weighted by atomic mass is 9.93. The molecule has 0 saturated heterocycles. The third-order valence-electron chi connectivity index (χ3n) is 3.33. The summed E-state index contributed by atoms with van der Waals surface area (Å²) in [6.45, 7) is 9.13. The Morgan fingerprint density at radius 1 is 1.43 bits per heavy atom. The van der Waals surface area contributed by atoms with Gasteiger partial charge >= 0.3 is 0 Å². The molecule has 114 valence electrons. The molecule has 2 heterocycles. The second kappa shape index (κ2) is 5.81. The molecule has 0 aromatic carbocycles. The van der Waals surface area contributed by atoms with Crippen LogP contribution in [0.2, 0.25) is 0 Å². The first-order chi connectivity index (χ1) is 9.84. The van der Waals surface area contributed by atoms with E-state index >= 15 is 0 Å². The number of aromatic nitrogens is 3. The number of methoxy groups -OCH3 is 1. The number of aryl methyl sites for hydroxylation is 1. The maximum atomic E-state index is 12.1. The second-order valence-corrected chi connectivity index (χ2v) is 6.06. The lowest BCUT2D eigenvalue weighted by molar-refractivity contribution is 0.0935. The fourth-order valence-corrected chi connectivity index (χ4v) is 2.00. The lowest BCUT2D eigenvalue weighted by Crippen LogP contribution is -2.28. The number of carbonyl (C=O) groups is 1. The van der Waals surface area contributed by atoms with Crippen molar-refractivity contribution in [3.8, 4) is 0 Å². The van der Waals surface area contributed by atoms with Crippen molar-refractivity contribution in [2.45, 2.75) is 33.1 Å². The zero-order valence-electron chi connectivity index (χ0n) is 13.2. The summed E-state index contributed by atoms with van der Waals surface area (Å²) in [4.78, 5) is 16.5. The third-order valence-corrected chi connectivity index (χ3v) is 3.33. The predicted octanol–water partition coefficient (Wildman–Crippen LogP) is 1.71. The molecular formula is C15H22N4O2. The van der Waals surface area contributed by atoms with Crippen LogP contribution in [0.4, 0.5) is 0 Å². The minimum atomic E-state index is -0.160. The van der Waals surface area contributed by atoms with Crippen molar-refractivity contribution in [2.24, 2.45) is 0 Å². The van der Waals surface area contributed by atoms with Gasteiger partial charge in [-0.15, -0.1) is 0 Å². The summed E-state index contributed by atoms with van der Waals surface area (Å²) in [6, 6.07) is 1.96. The van der Waals surface area contributed by atoms with Crippen LogP contribution in [0.25, 0.3) is 5.65 Å². The van der Waals surface area contributed by atoms with E-state index in [1.54, 1.807) is 17.8 Å². The number of nitrogens with one attached hydrogen (secondary N) is 1. The molecular weight excluding hydrogens is 268 g/mol. The van der Waals surface area contributed by atoms with Gasteiger partial charge in [-0.3, -0.25) is 4.79 Å². The van der Waals surface area contributed by atoms with Crippen molar-refractivity contribution < 1.29 is 9.53 Å². The predicted molar refractivity (Wildman–Crippen MR) is 80.6 cm³/mol. The highest BCUT2D eigenvalue weighted by Gasteiger charge is 2.20. The van der Waals surface area contributed by atoms with E-state index in [-0.39, 0.29) is 11.3 Å². The Kier molecular flexibility index (Phi) is 4.27. The molecule has 0 fully saturated rings. The summed E-state index contributed by atoms with van der Waals surface area (Å²) in [6.07, 6.45) is 1.60. The van der Waals surface area contributed by atoms with Crippen molar-refractivity contribution in [3.63, 3.8) is 0 Å². The number of ether oxygens (including phenoxy) is 1. The number of hydrogen-bond acceptors (Lipinski definition) is 4. The number of nitrogens with zero attached hydrogens (tertiary/aromatic N) is 3. The van der Waals surface area contributed by atoms with Gasteiger partial charge in [0.2, 0.25) is 0 Å². The van der Waals surface area contributed by atoms with Crippen molar-refractivity contribution >= 4 is 11.6 Å². The van der Waals surface area contributed by atoms with E-state index < -0.39 is 0 Å². The molecule has 1 amide bonds. The highest BCUT2D eigenvalue weighted by atomic mass is 16.5. The molecule has 1 N–H and O–H groups in total. The van der Waals surface area contributed by atoms with Crippen molar-refractivity contribution in [3.05, 3.63) is 29.2 Å². The zero-order valence-corrected chi connectivity index (χ0v) is 13.2. The van der Waals surface area contributed by atoms with Crippen LogP contribution in [0.1, 0.15) is 42.5 Å². The number of hydrogen-bond donors (Lipinski definition) is 1. The van der Waals surface area contributed by atoms with Crippen molar-refractivity contribution in [2.75, 3.05) is 20.3 Å². The molecule has 0 aliphatic carbocycles. The van der Waals surface area contributed by atoms with E-state index in [0.717, 1.165) is 17.0 Å². The SMILES string of the molecule is COCCNC(=O)c1cnc2cc(C(C)(C)C)nn2c1C. The molecule has 0 spiro atoms. The van der Waals surface area contributed by atoms with E-state index in [1.165, 1.54) is 0 Å². The fourth-order valence-electron chi connectivity index (χ4n) is 2.00. The number of carbonyl (C=O) groups excluding carboxylic acids is 1. The molecule has 0 bridgehead atoms. The van der Waals surface area contributed by atoms with Crippen LogP contribution in [0.5, 0.6) is 0 Å². The smallest absolute Gasteiger partial charge is 0.254 e. The second-order valence-electron chi connectivity index (χ2n) is 6.06. The molecule has 6 heteroatoms. The molecule has 0 saturated carbocycles. The number of rotatable bonds is 4. The first-order valence-electron chi connectivity index (χ1n) is 6.97. The zero-order chi connectivity index (χ0) is 15.6. The highest BCUT2D eigenvalue weighted by molar-refractivity contribution is 5.95. The molecule has 0 unspecified atom stereocenters. The van der Waals surface area contributed by atoms with Crippen molar-refractivity contribution in [1.82, 2.24) is 19.9 Å². The summed E-state index contributed by atoms with van der Waals surface area (Å²) >= 11 is 0. The summed E-state index contributed by atoms with van der Waals surface area (Å²) in [5, 5.41) is 7.37. The van der Waals surface area contributed by atoms with E-state index in [4.69, 9.17) is 4.74 Å². The molecule has 6 nitrogen and oxygen atoms in total. The van der Waals surface area contributed by atoms with Crippen LogP contribution in [0.3, 0.4) is 0 Å². The first-order valence-corrected chi connectivity index (χ1v) is 6.97. The Bertz CT molecular complexity index is 655. The summed E-state index contributed by atoms with van der Waals surface area (Å²) < 4.78 is 6.65. The van der Waals surface area contributed by atoms with E-state index in [2.05, 4.69) is 36.2 Å². The van der Waals surface area contributed by atoms with Crippen LogP contribution in [0, 0.1) is 6.92 Å². The van der Waals surface area contributed by atoms with Gasteiger partial charge in [0.15, 0.2) is 5.65 Å². The minimum absolute atomic E-state index is 0.0545. The summed E-state index contributed by atoms with van der Waals surface area (Å²) in [5.74, 6) is -0.160. The Hall–Kier alpha value is -1.95. The van der Waals surface area contributed by atoms with Gasteiger partial charge in [-0.2, -0.15) is 5.10 Å². The van der Waals surface area contributed by atoms with E-state index in [0.29, 0.717) is 18.7 Å². The van der Waals surface area contributed by atoms with Gasteiger partial charge < -0.3 is 10.1 Å². The highest BCUT2D eigenvalue weighted by Crippen LogP contribution is 2.22. The van der Waals surface area contributed by atoms with Crippen molar-refractivity contribution in [1.29, 1.82) is 0 Å². The third kappa shape index (κ3) is 3.21. The monoisotopic (exact) mass is 290 g/mol. The molecule has 0 radical (unpaired) electrons. The maximum absolute atomic E-state index is 12.1. The average Bonchev–Trinajstić information content (AvgIpc) is 2.84. The van der Waals surface area contributed by atoms with E-state index in [9.17, 15) is 4.79 Å². The molecule has 21 heavy (non-hydrogen) atoms. The molecule has 0 aliphatic rings. The van der Waals surface area contributed by atoms with Gasteiger partial charge in [-0.25, -0.2) is 9.50 Å². The fraction of sp³-hybridized carbons (Fsp3) is 0.533. The molecule has 2 aromatic heterocycles. The summed E-state index contributed by atoms with van der Waals surface area (Å²) in [7, 11) is 1.60. The molecule has 2 aromatic rings. The van der Waals surface area contributed by atoms with Crippen LogP contribution in [-0.4, -0.2) is 40.8 Å². The van der Waals surface area contributed by atoms with Gasteiger partial charge in [0.05, 0.1) is 23.6 Å². The van der Waals surface area contributed by atoms with Gasteiger partial charge in [-0.05, 0) is 6.92 Å². The summed E-state index contributed by atoms with van der Waals surface area (Å²) in [5.41, 5.74) is 2.97. The first kappa shape index (κ1) is 15.4.